The van der Waals surface area contributed by atoms with Gasteiger partial charge in [-0.3, -0.25) is 4.79 Å². The van der Waals surface area contributed by atoms with Gasteiger partial charge < -0.3 is 14.8 Å². The zero-order chi connectivity index (χ0) is 18.2. The summed E-state index contributed by atoms with van der Waals surface area (Å²) in [5.41, 5.74) is 1.09. The standard InChI is InChI=1S/C19H20ClNO4/c1-3-24-17-11-7-5-9-15(17)19(23)25-12-18(22)21-13(2)14-8-4-6-10-16(14)20/h4-11,13H,3,12H2,1-2H3,(H,21,22)/t13-/m0/s1. The Morgan fingerprint density at radius 2 is 1.80 bits per heavy atom. The highest BCUT2D eigenvalue weighted by Crippen LogP contribution is 2.22. The van der Waals surface area contributed by atoms with Crippen LogP contribution in [0.3, 0.4) is 0 Å². The van der Waals surface area contributed by atoms with Gasteiger partial charge in [-0.1, -0.05) is 41.9 Å². The zero-order valence-corrected chi connectivity index (χ0v) is 14.9. The van der Waals surface area contributed by atoms with Crippen LogP contribution in [0.25, 0.3) is 0 Å². The average molecular weight is 362 g/mol. The fourth-order valence-electron chi connectivity index (χ4n) is 2.31. The van der Waals surface area contributed by atoms with Crippen molar-refractivity contribution < 1.29 is 19.1 Å². The number of para-hydroxylation sites is 1. The molecule has 0 saturated carbocycles. The predicted octanol–water partition coefficient (Wildman–Crippen LogP) is 3.77. The van der Waals surface area contributed by atoms with Crippen LogP contribution in [0.5, 0.6) is 5.75 Å². The SMILES string of the molecule is CCOc1ccccc1C(=O)OCC(=O)N[C@@H](C)c1ccccc1Cl. The Hall–Kier alpha value is -2.53. The van der Waals surface area contributed by atoms with E-state index < -0.39 is 11.9 Å². The Morgan fingerprint density at radius 1 is 1.12 bits per heavy atom. The van der Waals surface area contributed by atoms with Crippen molar-refractivity contribution in [1.82, 2.24) is 5.32 Å². The van der Waals surface area contributed by atoms with Gasteiger partial charge >= 0.3 is 5.97 Å². The van der Waals surface area contributed by atoms with Crippen LogP contribution in [-0.4, -0.2) is 25.1 Å². The van der Waals surface area contributed by atoms with E-state index >= 15 is 0 Å². The number of amides is 1. The minimum atomic E-state index is -0.607. The zero-order valence-electron chi connectivity index (χ0n) is 14.1. The first-order valence-electron chi connectivity index (χ1n) is 7.95. The topological polar surface area (TPSA) is 64.6 Å². The van der Waals surface area contributed by atoms with Gasteiger partial charge in [-0.25, -0.2) is 4.79 Å². The van der Waals surface area contributed by atoms with Gasteiger partial charge in [0.1, 0.15) is 11.3 Å². The molecule has 0 saturated heterocycles. The van der Waals surface area contributed by atoms with Crippen molar-refractivity contribution in [3.63, 3.8) is 0 Å². The molecular formula is C19H20ClNO4. The van der Waals surface area contributed by atoms with Gasteiger partial charge in [0.05, 0.1) is 12.6 Å². The van der Waals surface area contributed by atoms with Gasteiger partial charge in [0.25, 0.3) is 5.91 Å². The molecular weight excluding hydrogens is 342 g/mol. The van der Waals surface area contributed by atoms with Crippen LogP contribution in [0.15, 0.2) is 48.5 Å². The second kappa shape index (κ2) is 9.08. The number of carbonyl (C=O) groups excluding carboxylic acids is 2. The minimum absolute atomic E-state index is 0.288. The van der Waals surface area contributed by atoms with Crippen LogP contribution in [0.4, 0.5) is 0 Å². The smallest absolute Gasteiger partial charge is 0.342 e. The molecule has 1 N–H and O–H groups in total. The van der Waals surface area contributed by atoms with Crippen LogP contribution in [0.1, 0.15) is 35.8 Å². The molecule has 0 fully saturated rings. The number of nitrogens with one attached hydrogen (secondary N) is 1. The lowest BCUT2D eigenvalue weighted by Crippen LogP contribution is -2.31. The Morgan fingerprint density at radius 3 is 2.52 bits per heavy atom. The Bertz CT molecular complexity index is 748. The van der Waals surface area contributed by atoms with Crippen LogP contribution >= 0.6 is 11.6 Å². The normalized spacial score (nSPS) is 11.5. The van der Waals surface area contributed by atoms with E-state index in [0.717, 1.165) is 5.56 Å². The second-order valence-electron chi connectivity index (χ2n) is 5.32. The maximum Gasteiger partial charge on any atom is 0.342 e. The maximum atomic E-state index is 12.2. The minimum Gasteiger partial charge on any atom is -0.493 e. The number of ether oxygens (including phenoxy) is 2. The summed E-state index contributed by atoms with van der Waals surface area (Å²) in [6.07, 6.45) is 0. The van der Waals surface area contributed by atoms with Crippen molar-refractivity contribution >= 4 is 23.5 Å². The van der Waals surface area contributed by atoms with Crippen LogP contribution in [0, 0.1) is 0 Å². The molecule has 1 atom stereocenters. The number of benzene rings is 2. The lowest BCUT2D eigenvalue weighted by atomic mass is 10.1. The molecule has 132 valence electrons. The van der Waals surface area contributed by atoms with Crippen molar-refractivity contribution in [2.75, 3.05) is 13.2 Å². The summed E-state index contributed by atoms with van der Waals surface area (Å²) >= 11 is 6.11. The van der Waals surface area contributed by atoms with Crippen LogP contribution in [-0.2, 0) is 9.53 Å². The molecule has 2 aromatic rings. The third-order valence-corrected chi connectivity index (χ3v) is 3.83. The predicted molar refractivity (Wildman–Crippen MR) is 95.9 cm³/mol. The molecule has 0 radical (unpaired) electrons. The fraction of sp³-hybridized carbons (Fsp3) is 0.263. The first kappa shape index (κ1) is 18.8. The van der Waals surface area contributed by atoms with Gasteiger partial charge in [-0.2, -0.15) is 0 Å². The molecule has 25 heavy (non-hydrogen) atoms. The molecule has 0 aliphatic rings. The molecule has 5 nitrogen and oxygen atoms in total. The van der Waals surface area contributed by atoms with Gasteiger partial charge in [0.2, 0.25) is 0 Å². The molecule has 6 heteroatoms. The molecule has 0 aromatic heterocycles. The lowest BCUT2D eigenvalue weighted by molar-refractivity contribution is -0.124. The largest absolute Gasteiger partial charge is 0.493 e. The Labute approximate surface area is 151 Å². The molecule has 0 spiro atoms. The highest BCUT2D eigenvalue weighted by Gasteiger charge is 2.17. The number of hydrogen-bond donors (Lipinski definition) is 1. The van der Waals surface area contributed by atoms with E-state index in [-0.39, 0.29) is 18.2 Å². The third kappa shape index (κ3) is 5.22. The van der Waals surface area contributed by atoms with E-state index in [1.165, 1.54) is 0 Å². The van der Waals surface area contributed by atoms with E-state index in [0.29, 0.717) is 17.4 Å². The van der Waals surface area contributed by atoms with Crippen molar-refractivity contribution in [3.05, 3.63) is 64.7 Å². The van der Waals surface area contributed by atoms with E-state index in [9.17, 15) is 9.59 Å². The monoisotopic (exact) mass is 361 g/mol. The van der Waals surface area contributed by atoms with Gasteiger partial charge in [0, 0.05) is 5.02 Å². The summed E-state index contributed by atoms with van der Waals surface area (Å²) in [5, 5.41) is 3.32. The highest BCUT2D eigenvalue weighted by molar-refractivity contribution is 6.31. The first-order valence-corrected chi connectivity index (χ1v) is 8.33. The Balaban J connectivity index is 1.92. The van der Waals surface area contributed by atoms with Crippen molar-refractivity contribution in [2.45, 2.75) is 19.9 Å². The number of hydrogen-bond acceptors (Lipinski definition) is 4. The number of carbonyl (C=O) groups is 2. The molecule has 2 rings (SSSR count). The van der Waals surface area contributed by atoms with Crippen LogP contribution in [0.2, 0.25) is 5.02 Å². The molecule has 1 amide bonds. The Kier molecular flexibility index (Phi) is 6.83. The molecule has 2 aromatic carbocycles. The molecule has 0 aliphatic carbocycles. The van der Waals surface area contributed by atoms with E-state index in [4.69, 9.17) is 21.1 Å². The molecule has 0 aliphatic heterocycles. The summed E-state index contributed by atoms with van der Waals surface area (Å²) in [6, 6.07) is 13.7. The van der Waals surface area contributed by atoms with E-state index in [2.05, 4.69) is 5.32 Å². The van der Waals surface area contributed by atoms with Crippen LogP contribution < -0.4 is 10.1 Å². The third-order valence-electron chi connectivity index (χ3n) is 3.49. The molecule has 0 heterocycles. The van der Waals surface area contributed by atoms with Crippen molar-refractivity contribution in [2.24, 2.45) is 0 Å². The summed E-state index contributed by atoms with van der Waals surface area (Å²) < 4.78 is 10.5. The van der Waals surface area contributed by atoms with Gasteiger partial charge in [-0.15, -0.1) is 0 Å². The molecule has 0 unspecified atom stereocenters. The summed E-state index contributed by atoms with van der Waals surface area (Å²) in [7, 11) is 0. The maximum absolute atomic E-state index is 12.2. The van der Waals surface area contributed by atoms with Crippen molar-refractivity contribution in [3.8, 4) is 5.75 Å². The quantitative estimate of drug-likeness (QED) is 0.762. The second-order valence-corrected chi connectivity index (χ2v) is 5.72. The van der Waals surface area contributed by atoms with Gasteiger partial charge in [-0.05, 0) is 37.6 Å². The summed E-state index contributed by atoms with van der Waals surface area (Å²) in [6.45, 7) is 3.69. The van der Waals surface area contributed by atoms with E-state index in [1.54, 1.807) is 30.3 Å². The number of halogens is 1. The average Bonchev–Trinajstić information content (AvgIpc) is 2.60. The van der Waals surface area contributed by atoms with E-state index in [1.807, 2.05) is 32.0 Å². The fourth-order valence-corrected chi connectivity index (χ4v) is 2.61. The number of rotatable bonds is 7. The lowest BCUT2D eigenvalue weighted by Gasteiger charge is -2.16. The van der Waals surface area contributed by atoms with Gasteiger partial charge in [0.15, 0.2) is 6.61 Å². The summed E-state index contributed by atoms with van der Waals surface area (Å²) in [5.74, 6) is -0.584. The highest BCUT2D eigenvalue weighted by atomic mass is 35.5. The number of esters is 1. The summed E-state index contributed by atoms with van der Waals surface area (Å²) in [4.78, 5) is 24.2. The molecule has 0 bridgehead atoms. The van der Waals surface area contributed by atoms with Crippen molar-refractivity contribution in [1.29, 1.82) is 0 Å². The first-order chi connectivity index (χ1) is 12.0.